The number of hydrogen-bond acceptors (Lipinski definition) is 3. The summed E-state index contributed by atoms with van der Waals surface area (Å²) in [6.07, 6.45) is 11.1. The molecule has 1 aliphatic rings. The Bertz CT molecular complexity index is 452. The molecule has 0 aliphatic heterocycles. The first-order valence-electron chi connectivity index (χ1n) is 7.00. The third kappa shape index (κ3) is 3.55. The first-order chi connectivity index (χ1) is 9.19. The summed E-state index contributed by atoms with van der Waals surface area (Å²) in [5, 5.41) is 12.5. The van der Waals surface area contributed by atoms with Crippen LogP contribution in [0.2, 0.25) is 0 Å². The van der Waals surface area contributed by atoms with Gasteiger partial charge in [0, 0.05) is 31.1 Å². The van der Waals surface area contributed by atoms with Crippen molar-refractivity contribution in [3.05, 3.63) is 23.5 Å². The van der Waals surface area contributed by atoms with Gasteiger partial charge in [0.15, 0.2) is 0 Å². The summed E-state index contributed by atoms with van der Waals surface area (Å²) in [6, 6.07) is 4.18. The summed E-state index contributed by atoms with van der Waals surface area (Å²) < 4.78 is 2.33. The Morgan fingerprint density at radius 2 is 2.16 bits per heavy atom. The van der Waals surface area contributed by atoms with Gasteiger partial charge in [-0.2, -0.15) is 17.0 Å². The summed E-state index contributed by atoms with van der Waals surface area (Å²) in [5.74, 6) is 0. The van der Waals surface area contributed by atoms with Crippen LogP contribution >= 0.6 is 11.8 Å². The van der Waals surface area contributed by atoms with Crippen molar-refractivity contribution in [3.8, 4) is 6.07 Å². The molecule has 1 saturated carbocycles. The van der Waals surface area contributed by atoms with Crippen LogP contribution in [0.4, 0.5) is 0 Å². The van der Waals surface area contributed by atoms with Gasteiger partial charge in [0.1, 0.15) is 11.8 Å². The van der Waals surface area contributed by atoms with E-state index >= 15 is 0 Å². The zero-order valence-corrected chi connectivity index (χ0v) is 12.7. The Morgan fingerprint density at radius 3 is 2.74 bits per heavy atom. The van der Waals surface area contributed by atoms with Gasteiger partial charge in [-0.3, -0.25) is 0 Å². The van der Waals surface area contributed by atoms with E-state index in [-0.39, 0.29) is 0 Å². The molecule has 3 nitrogen and oxygen atoms in total. The second-order valence-corrected chi connectivity index (χ2v) is 6.78. The van der Waals surface area contributed by atoms with E-state index in [0.717, 1.165) is 18.8 Å². The summed E-state index contributed by atoms with van der Waals surface area (Å²) in [6.45, 7) is 1.93. The Balaban J connectivity index is 1.86. The largest absolute Gasteiger partial charge is 0.342 e. The standard InChI is InChI=1S/C15H23N3S/c1-18-11-13(8-14(18)9-16)10-17-12-15(19-2)6-4-3-5-7-15/h8,11,17H,3-7,10,12H2,1-2H3. The second-order valence-electron chi connectivity index (χ2n) is 5.51. The topological polar surface area (TPSA) is 40.8 Å². The number of nitriles is 1. The van der Waals surface area contributed by atoms with Gasteiger partial charge >= 0.3 is 0 Å². The van der Waals surface area contributed by atoms with Gasteiger partial charge < -0.3 is 9.88 Å². The second kappa shape index (κ2) is 6.49. The molecule has 1 aliphatic carbocycles. The molecule has 104 valence electrons. The van der Waals surface area contributed by atoms with E-state index < -0.39 is 0 Å². The van der Waals surface area contributed by atoms with E-state index in [9.17, 15) is 0 Å². The van der Waals surface area contributed by atoms with Crippen molar-refractivity contribution < 1.29 is 0 Å². The molecule has 0 saturated heterocycles. The lowest BCUT2D eigenvalue weighted by molar-refractivity contribution is 0.379. The fraction of sp³-hybridized carbons (Fsp3) is 0.667. The Kier molecular flexibility index (Phi) is 4.95. The number of aromatic nitrogens is 1. The monoisotopic (exact) mass is 277 g/mol. The van der Waals surface area contributed by atoms with Gasteiger partial charge in [-0.15, -0.1) is 0 Å². The number of rotatable bonds is 5. The molecule has 0 amide bonds. The van der Waals surface area contributed by atoms with E-state index in [1.165, 1.54) is 37.7 Å². The first-order valence-corrected chi connectivity index (χ1v) is 8.23. The minimum Gasteiger partial charge on any atom is -0.342 e. The Labute approximate surface area is 120 Å². The zero-order valence-electron chi connectivity index (χ0n) is 11.9. The Hall–Kier alpha value is -0.920. The number of aryl methyl sites for hydroxylation is 1. The number of thioether (sulfide) groups is 1. The lowest BCUT2D eigenvalue weighted by atomic mass is 9.88. The molecule has 19 heavy (non-hydrogen) atoms. The summed E-state index contributed by atoms with van der Waals surface area (Å²) in [4.78, 5) is 0. The fourth-order valence-electron chi connectivity index (χ4n) is 2.92. The molecule has 0 bridgehead atoms. The molecule has 4 heteroatoms. The average Bonchev–Trinajstić information content (AvgIpc) is 2.80. The first kappa shape index (κ1) is 14.5. The minimum absolute atomic E-state index is 0.436. The molecule has 1 fully saturated rings. The van der Waals surface area contributed by atoms with Crippen LogP contribution in [0, 0.1) is 11.3 Å². The van der Waals surface area contributed by atoms with E-state index in [2.05, 4.69) is 17.6 Å². The van der Waals surface area contributed by atoms with Gasteiger partial charge in [-0.1, -0.05) is 19.3 Å². The van der Waals surface area contributed by atoms with Crippen molar-refractivity contribution >= 4 is 11.8 Å². The van der Waals surface area contributed by atoms with Crippen LogP contribution in [0.25, 0.3) is 0 Å². The van der Waals surface area contributed by atoms with Gasteiger partial charge in [-0.05, 0) is 30.7 Å². The van der Waals surface area contributed by atoms with Crippen LogP contribution < -0.4 is 5.32 Å². The smallest absolute Gasteiger partial charge is 0.120 e. The van der Waals surface area contributed by atoms with Crippen molar-refractivity contribution in [3.63, 3.8) is 0 Å². The van der Waals surface area contributed by atoms with Crippen LogP contribution in [0.5, 0.6) is 0 Å². The van der Waals surface area contributed by atoms with Gasteiger partial charge in [0.05, 0.1) is 0 Å². The average molecular weight is 277 g/mol. The highest BCUT2D eigenvalue weighted by Gasteiger charge is 2.30. The fourth-order valence-corrected chi connectivity index (χ4v) is 3.87. The van der Waals surface area contributed by atoms with Crippen LogP contribution in [-0.2, 0) is 13.6 Å². The number of nitrogens with one attached hydrogen (secondary N) is 1. The maximum absolute atomic E-state index is 8.95. The van der Waals surface area contributed by atoms with E-state index in [0.29, 0.717) is 4.75 Å². The highest BCUT2D eigenvalue weighted by Crippen LogP contribution is 2.37. The van der Waals surface area contributed by atoms with Crippen LogP contribution in [-0.4, -0.2) is 22.1 Å². The molecule has 1 aromatic rings. The highest BCUT2D eigenvalue weighted by molar-refractivity contribution is 8.00. The molecule has 0 spiro atoms. The van der Waals surface area contributed by atoms with Crippen molar-refractivity contribution in [2.24, 2.45) is 7.05 Å². The Morgan fingerprint density at radius 1 is 1.42 bits per heavy atom. The molecule has 1 N–H and O–H groups in total. The molecule has 2 rings (SSSR count). The molecular formula is C15H23N3S. The molecule has 1 aromatic heterocycles. The third-order valence-electron chi connectivity index (χ3n) is 4.15. The van der Waals surface area contributed by atoms with Gasteiger partial charge in [0.25, 0.3) is 0 Å². The van der Waals surface area contributed by atoms with E-state index in [1.54, 1.807) is 0 Å². The SMILES string of the molecule is CSC1(CNCc2cc(C#N)n(C)c2)CCCCC1. The van der Waals surface area contributed by atoms with Crippen molar-refractivity contribution in [1.29, 1.82) is 5.26 Å². The molecular weight excluding hydrogens is 254 g/mol. The quantitative estimate of drug-likeness (QED) is 0.899. The van der Waals surface area contributed by atoms with Crippen molar-refractivity contribution in [2.45, 2.75) is 43.4 Å². The maximum Gasteiger partial charge on any atom is 0.120 e. The van der Waals surface area contributed by atoms with Crippen LogP contribution in [0.15, 0.2) is 12.3 Å². The van der Waals surface area contributed by atoms with Crippen molar-refractivity contribution in [1.82, 2.24) is 9.88 Å². The summed E-state index contributed by atoms with van der Waals surface area (Å²) >= 11 is 2.02. The molecule has 1 heterocycles. The normalized spacial score (nSPS) is 18.2. The van der Waals surface area contributed by atoms with Crippen LogP contribution in [0.1, 0.15) is 43.4 Å². The van der Waals surface area contributed by atoms with E-state index in [4.69, 9.17) is 5.26 Å². The van der Waals surface area contributed by atoms with E-state index in [1.807, 2.05) is 35.6 Å². The summed E-state index contributed by atoms with van der Waals surface area (Å²) in [7, 11) is 1.92. The molecule has 0 radical (unpaired) electrons. The molecule has 0 unspecified atom stereocenters. The zero-order chi connectivity index (χ0) is 13.7. The van der Waals surface area contributed by atoms with Crippen LogP contribution in [0.3, 0.4) is 0 Å². The van der Waals surface area contributed by atoms with Crippen molar-refractivity contribution in [2.75, 3.05) is 12.8 Å². The lowest BCUT2D eigenvalue weighted by Crippen LogP contribution is -2.39. The summed E-state index contributed by atoms with van der Waals surface area (Å²) in [5.41, 5.74) is 1.93. The van der Waals surface area contributed by atoms with Gasteiger partial charge in [-0.25, -0.2) is 0 Å². The predicted molar refractivity (Wildman–Crippen MR) is 81.2 cm³/mol. The number of nitrogens with zero attached hydrogens (tertiary/aromatic N) is 2. The number of hydrogen-bond donors (Lipinski definition) is 1. The lowest BCUT2D eigenvalue weighted by Gasteiger charge is -2.36. The van der Waals surface area contributed by atoms with Gasteiger partial charge in [0.2, 0.25) is 0 Å². The highest BCUT2D eigenvalue weighted by atomic mass is 32.2. The maximum atomic E-state index is 8.95. The minimum atomic E-state index is 0.436. The molecule has 0 aromatic carbocycles. The molecule has 0 atom stereocenters. The third-order valence-corrected chi connectivity index (χ3v) is 5.57. The predicted octanol–water partition coefficient (Wildman–Crippen LogP) is 3.05.